The minimum Gasteiger partial charge on any atom is -0.316 e. The topological polar surface area (TPSA) is 12.0 Å². The Kier molecular flexibility index (Phi) is 4.86. The lowest BCUT2D eigenvalue weighted by molar-refractivity contribution is 0.248. The van der Waals surface area contributed by atoms with Gasteiger partial charge in [-0.3, -0.25) is 0 Å². The zero-order chi connectivity index (χ0) is 11.2. The van der Waals surface area contributed by atoms with Crippen molar-refractivity contribution in [2.75, 3.05) is 13.1 Å². The van der Waals surface area contributed by atoms with Gasteiger partial charge >= 0.3 is 0 Å². The zero-order valence-electron chi connectivity index (χ0n) is 10.2. The van der Waals surface area contributed by atoms with Gasteiger partial charge in [0, 0.05) is 0 Å². The van der Waals surface area contributed by atoms with Gasteiger partial charge in [-0.25, -0.2) is 0 Å². The third-order valence-corrected chi connectivity index (χ3v) is 4.60. The summed E-state index contributed by atoms with van der Waals surface area (Å²) < 4.78 is 0. The first-order valence-corrected chi connectivity index (χ1v) is 7.52. The van der Waals surface area contributed by atoms with Gasteiger partial charge in [-0.1, -0.05) is 26.2 Å². The number of nitrogens with one attached hydrogen (secondary N) is 1. The molecule has 2 rings (SSSR count). The average molecular weight is 237 g/mol. The van der Waals surface area contributed by atoms with E-state index < -0.39 is 0 Å². The van der Waals surface area contributed by atoms with Crippen LogP contribution < -0.4 is 5.32 Å². The molecule has 16 heavy (non-hydrogen) atoms. The van der Waals surface area contributed by atoms with Gasteiger partial charge in [0.2, 0.25) is 0 Å². The number of hydrogen-bond acceptors (Lipinski definition) is 2. The van der Waals surface area contributed by atoms with E-state index in [9.17, 15) is 0 Å². The molecule has 1 fully saturated rings. The minimum absolute atomic E-state index is 0.927. The molecule has 0 aliphatic heterocycles. The summed E-state index contributed by atoms with van der Waals surface area (Å²) >= 11 is 1.80. The lowest BCUT2D eigenvalue weighted by Crippen LogP contribution is -2.30. The first-order chi connectivity index (χ1) is 7.86. The molecule has 1 saturated carbocycles. The van der Waals surface area contributed by atoms with E-state index in [4.69, 9.17) is 0 Å². The van der Waals surface area contributed by atoms with Crippen molar-refractivity contribution in [3.63, 3.8) is 0 Å². The van der Waals surface area contributed by atoms with Gasteiger partial charge in [0.25, 0.3) is 0 Å². The van der Waals surface area contributed by atoms with Gasteiger partial charge in [-0.05, 0) is 60.2 Å². The van der Waals surface area contributed by atoms with Crippen molar-refractivity contribution in [1.82, 2.24) is 5.32 Å². The maximum atomic E-state index is 3.63. The molecule has 1 aliphatic carbocycles. The Morgan fingerprint density at radius 2 is 2.25 bits per heavy atom. The van der Waals surface area contributed by atoms with E-state index in [1.54, 1.807) is 11.3 Å². The van der Waals surface area contributed by atoms with Crippen molar-refractivity contribution in [3.05, 3.63) is 22.4 Å². The van der Waals surface area contributed by atoms with Gasteiger partial charge < -0.3 is 5.32 Å². The van der Waals surface area contributed by atoms with Crippen LogP contribution in [0.25, 0.3) is 0 Å². The molecule has 1 aliphatic rings. The molecule has 0 amide bonds. The Balaban J connectivity index is 1.60. The Morgan fingerprint density at radius 3 is 3.00 bits per heavy atom. The molecule has 2 unspecified atom stereocenters. The highest BCUT2D eigenvalue weighted by molar-refractivity contribution is 7.07. The smallest absolute Gasteiger partial charge is 0.000794 e. The van der Waals surface area contributed by atoms with Crippen LogP contribution in [0, 0.1) is 11.8 Å². The lowest BCUT2D eigenvalue weighted by Gasteiger charge is -2.28. The Bertz CT molecular complexity index is 281. The normalized spacial score (nSPS) is 25.8. The van der Waals surface area contributed by atoms with Crippen LogP contribution in [0.5, 0.6) is 0 Å². The molecule has 0 aromatic carbocycles. The van der Waals surface area contributed by atoms with E-state index in [1.807, 2.05) is 0 Å². The molecule has 90 valence electrons. The molecule has 1 aromatic heterocycles. The number of hydrogen-bond donors (Lipinski definition) is 1. The summed E-state index contributed by atoms with van der Waals surface area (Å²) in [6.45, 7) is 4.79. The van der Waals surface area contributed by atoms with Crippen molar-refractivity contribution in [1.29, 1.82) is 0 Å². The van der Waals surface area contributed by atoms with E-state index >= 15 is 0 Å². The van der Waals surface area contributed by atoms with Crippen molar-refractivity contribution in [2.45, 2.75) is 39.0 Å². The van der Waals surface area contributed by atoms with E-state index in [2.05, 4.69) is 29.1 Å². The van der Waals surface area contributed by atoms with E-state index in [0.717, 1.165) is 18.4 Å². The summed E-state index contributed by atoms with van der Waals surface area (Å²) in [5.41, 5.74) is 1.48. The van der Waals surface area contributed by atoms with Gasteiger partial charge in [0.15, 0.2) is 0 Å². The van der Waals surface area contributed by atoms with Gasteiger partial charge in [0.05, 0.1) is 0 Å². The maximum absolute atomic E-state index is 3.63. The quantitative estimate of drug-likeness (QED) is 0.770. The Hall–Kier alpha value is -0.340. The molecule has 0 spiro atoms. The van der Waals surface area contributed by atoms with Crippen molar-refractivity contribution < 1.29 is 0 Å². The average Bonchev–Trinajstić information content (AvgIpc) is 2.79. The van der Waals surface area contributed by atoms with Crippen LogP contribution in [0.2, 0.25) is 0 Å². The summed E-state index contributed by atoms with van der Waals surface area (Å²) in [6, 6.07) is 2.23. The Labute approximate surface area is 103 Å². The van der Waals surface area contributed by atoms with Gasteiger partial charge in [0.1, 0.15) is 0 Å². The second-order valence-corrected chi connectivity index (χ2v) is 5.89. The summed E-state index contributed by atoms with van der Waals surface area (Å²) in [5, 5.41) is 8.05. The third kappa shape index (κ3) is 3.60. The molecule has 2 atom stereocenters. The lowest BCUT2D eigenvalue weighted by atomic mass is 9.80. The monoisotopic (exact) mass is 237 g/mol. The minimum atomic E-state index is 0.927. The Morgan fingerprint density at radius 1 is 1.38 bits per heavy atom. The molecule has 0 saturated heterocycles. The van der Waals surface area contributed by atoms with Crippen molar-refractivity contribution >= 4 is 11.3 Å². The molecular formula is C14H23NS. The van der Waals surface area contributed by atoms with Crippen LogP contribution in [0.1, 0.15) is 38.2 Å². The third-order valence-electron chi connectivity index (χ3n) is 3.87. The van der Waals surface area contributed by atoms with E-state index in [0.29, 0.717) is 0 Å². The van der Waals surface area contributed by atoms with Crippen LogP contribution in [0.4, 0.5) is 0 Å². The summed E-state index contributed by atoms with van der Waals surface area (Å²) in [5.74, 6) is 1.86. The summed E-state index contributed by atoms with van der Waals surface area (Å²) in [6.07, 6.45) is 6.96. The summed E-state index contributed by atoms with van der Waals surface area (Å²) in [7, 11) is 0. The molecular weight excluding hydrogens is 214 g/mol. The largest absolute Gasteiger partial charge is 0.316 e. The first-order valence-electron chi connectivity index (χ1n) is 6.58. The fourth-order valence-electron chi connectivity index (χ4n) is 2.65. The first kappa shape index (κ1) is 12.1. The standard InChI is InChI=1S/C14H23NS/c1-12-4-2-3-5-14(12)10-15-8-6-13-7-9-16-11-13/h7,9,11-12,14-15H,2-6,8,10H2,1H3. The molecule has 1 nitrogen and oxygen atoms in total. The predicted octanol–water partition coefficient (Wildman–Crippen LogP) is 3.71. The fraction of sp³-hybridized carbons (Fsp3) is 0.714. The van der Waals surface area contributed by atoms with Gasteiger partial charge in [-0.2, -0.15) is 11.3 Å². The molecule has 0 radical (unpaired) electrons. The molecule has 1 aromatic rings. The molecule has 2 heteroatoms. The fourth-order valence-corrected chi connectivity index (χ4v) is 3.35. The number of rotatable bonds is 5. The SMILES string of the molecule is CC1CCCCC1CNCCc1ccsc1. The van der Waals surface area contributed by atoms with Crippen LogP contribution in [0.3, 0.4) is 0 Å². The van der Waals surface area contributed by atoms with Crippen molar-refractivity contribution in [2.24, 2.45) is 11.8 Å². The number of thiophene rings is 1. The van der Waals surface area contributed by atoms with Gasteiger partial charge in [-0.15, -0.1) is 0 Å². The maximum Gasteiger partial charge on any atom is -0.000794 e. The van der Waals surface area contributed by atoms with E-state index in [-0.39, 0.29) is 0 Å². The second-order valence-electron chi connectivity index (χ2n) is 5.11. The van der Waals surface area contributed by atoms with Crippen LogP contribution in [-0.4, -0.2) is 13.1 Å². The van der Waals surface area contributed by atoms with Crippen LogP contribution in [0.15, 0.2) is 16.8 Å². The highest BCUT2D eigenvalue weighted by atomic mass is 32.1. The highest BCUT2D eigenvalue weighted by Gasteiger charge is 2.20. The highest BCUT2D eigenvalue weighted by Crippen LogP contribution is 2.28. The molecule has 0 bridgehead atoms. The molecule has 1 N–H and O–H groups in total. The van der Waals surface area contributed by atoms with Crippen molar-refractivity contribution in [3.8, 4) is 0 Å². The van der Waals surface area contributed by atoms with E-state index in [1.165, 1.54) is 44.2 Å². The van der Waals surface area contributed by atoms with Crippen LogP contribution >= 0.6 is 11.3 Å². The predicted molar refractivity (Wildman–Crippen MR) is 72.0 cm³/mol. The second kappa shape index (κ2) is 6.41. The zero-order valence-corrected chi connectivity index (χ0v) is 11.1. The summed E-state index contributed by atoms with van der Waals surface area (Å²) in [4.78, 5) is 0. The van der Waals surface area contributed by atoms with Crippen LogP contribution in [-0.2, 0) is 6.42 Å². The molecule has 1 heterocycles.